The number of carbonyl (C=O) groups is 1. The van der Waals surface area contributed by atoms with Gasteiger partial charge in [-0.3, -0.25) is 9.36 Å². The second kappa shape index (κ2) is 10.7. The first kappa shape index (κ1) is 25.5. The van der Waals surface area contributed by atoms with Gasteiger partial charge in [-0.05, 0) is 43.7 Å². The van der Waals surface area contributed by atoms with Crippen molar-refractivity contribution in [2.75, 3.05) is 6.61 Å². The van der Waals surface area contributed by atoms with E-state index in [0.29, 0.717) is 20.6 Å². The molecular weight excluding hydrogens is 520 g/mol. The van der Waals surface area contributed by atoms with Gasteiger partial charge in [0.05, 0.1) is 45.5 Å². The van der Waals surface area contributed by atoms with E-state index in [0.717, 1.165) is 28.2 Å². The van der Waals surface area contributed by atoms with Crippen molar-refractivity contribution in [2.45, 2.75) is 19.9 Å². The van der Waals surface area contributed by atoms with Crippen LogP contribution >= 0.6 is 11.3 Å². The van der Waals surface area contributed by atoms with E-state index in [-0.39, 0.29) is 12.2 Å². The van der Waals surface area contributed by atoms with Gasteiger partial charge in [-0.15, -0.1) is 0 Å². The minimum absolute atomic E-state index is 0.228. The van der Waals surface area contributed by atoms with E-state index in [4.69, 9.17) is 9.84 Å². The van der Waals surface area contributed by atoms with Crippen LogP contribution in [0.4, 0.5) is 0 Å². The lowest BCUT2D eigenvalue weighted by Gasteiger charge is -2.24. The van der Waals surface area contributed by atoms with Crippen LogP contribution in [0.5, 0.6) is 0 Å². The molecule has 0 unspecified atom stereocenters. The van der Waals surface area contributed by atoms with Crippen LogP contribution < -0.4 is 14.9 Å². The van der Waals surface area contributed by atoms with Gasteiger partial charge >= 0.3 is 5.97 Å². The number of thiazole rings is 1. The Morgan fingerprint density at radius 2 is 1.62 bits per heavy atom. The molecule has 8 heteroatoms. The molecule has 3 aromatic carbocycles. The molecule has 2 aromatic heterocycles. The van der Waals surface area contributed by atoms with Crippen molar-refractivity contribution in [3.8, 4) is 16.9 Å². The second-order valence-corrected chi connectivity index (χ2v) is 10.3. The number of benzene rings is 3. The van der Waals surface area contributed by atoms with Gasteiger partial charge in [-0.2, -0.15) is 5.10 Å². The molecule has 1 aliphatic rings. The summed E-state index contributed by atoms with van der Waals surface area (Å²) in [7, 11) is 0. The van der Waals surface area contributed by atoms with Crippen molar-refractivity contribution in [2.24, 2.45) is 4.99 Å². The quantitative estimate of drug-likeness (QED) is 0.291. The average Bonchev–Trinajstić information content (AvgIpc) is 3.54. The Bertz CT molecular complexity index is 1900. The number of allylic oxidation sites excluding steroid dienone is 1. The minimum atomic E-state index is -0.641. The Hall–Kier alpha value is -4.82. The number of nitrogens with zero attached hydrogens (tertiary/aromatic N) is 4. The van der Waals surface area contributed by atoms with Gasteiger partial charge in [0.25, 0.3) is 5.56 Å². The van der Waals surface area contributed by atoms with Crippen LogP contribution in [0.25, 0.3) is 23.0 Å². The maximum absolute atomic E-state index is 14.0. The van der Waals surface area contributed by atoms with E-state index >= 15 is 0 Å². The molecule has 0 amide bonds. The van der Waals surface area contributed by atoms with Crippen molar-refractivity contribution < 1.29 is 9.53 Å². The summed E-state index contributed by atoms with van der Waals surface area (Å²) < 4.78 is 9.32. The molecule has 1 aliphatic heterocycles. The van der Waals surface area contributed by atoms with E-state index in [2.05, 4.69) is 4.99 Å². The largest absolute Gasteiger partial charge is 0.463 e. The van der Waals surface area contributed by atoms with Crippen LogP contribution in [0.3, 0.4) is 0 Å². The number of rotatable bonds is 6. The van der Waals surface area contributed by atoms with E-state index in [9.17, 15) is 9.59 Å². The van der Waals surface area contributed by atoms with E-state index < -0.39 is 12.0 Å². The fourth-order valence-corrected chi connectivity index (χ4v) is 5.93. The van der Waals surface area contributed by atoms with Gasteiger partial charge in [0.15, 0.2) is 4.80 Å². The molecule has 0 spiro atoms. The number of aromatic nitrogens is 3. The molecule has 1 atom stereocenters. The number of esters is 1. The standard InChI is InChI=1S/C32H26N4O3S/c1-3-39-31(38)28-21(2)33-32-35(29(28)23-15-9-5-10-16-23)30(37)27(40-32)20-25-19-26(22-13-7-4-8-14-22)34-36(25)24-17-11-6-12-18-24/h4-20,29H,3H2,1-2H3/b27-20+/t29-/m1/s1. The maximum Gasteiger partial charge on any atom is 0.338 e. The Morgan fingerprint density at radius 3 is 2.30 bits per heavy atom. The van der Waals surface area contributed by atoms with Gasteiger partial charge in [0.2, 0.25) is 0 Å². The number of hydrogen-bond donors (Lipinski definition) is 0. The van der Waals surface area contributed by atoms with Gasteiger partial charge in [-0.1, -0.05) is 90.2 Å². The van der Waals surface area contributed by atoms with Gasteiger partial charge < -0.3 is 4.74 Å². The third kappa shape index (κ3) is 4.63. The monoisotopic (exact) mass is 546 g/mol. The normalized spacial score (nSPS) is 15.1. The van der Waals surface area contributed by atoms with Gasteiger partial charge in [0.1, 0.15) is 0 Å². The van der Waals surface area contributed by atoms with Crippen LogP contribution in [0.15, 0.2) is 118 Å². The fraction of sp³-hybridized carbons (Fsp3) is 0.125. The van der Waals surface area contributed by atoms with Crippen LogP contribution in [0.2, 0.25) is 0 Å². The molecule has 0 radical (unpaired) electrons. The first-order chi connectivity index (χ1) is 19.5. The molecule has 0 saturated heterocycles. The summed E-state index contributed by atoms with van der Waals surface area (Å²) in [5.74, 6) is -0.471. The summed E-state index contributed by atoms with van der Waals surface area (Å²) in [6.45, 7) is 3.78. The third-order valence-electron chi connectivity index (χ3n) is 6.72. The van der Waals surface area contributed by atoms with Gasteiger partial charge in [0, 0.05) is 5.56 Å². The molecule has 0 saturated carbocycles. The molecule has 0 bridgehead atoms. The molecular formula is C32H26N4O3S. The third-order valence-corrected chi connectivity index (χ3v) is 7.70. The average molecular weight is 547 g/mol. The van der Waals surface area contributed by atoms with Crippen LogP contribution in [0.1, 0.15) is 31.1 Å². The zero-order valence-electron chi connectivity index (χ0n) is 22.0. The lowest BCUT2D eigenvalue weighted by Crippen LogP contribution is -2.39. The SMILES string of the molecule is CCOC(=O)C1=C(C)N=c2s/c(=C/c3cc(-c4ccccc4)nn3-c3ccccc3)c(=O)n2[C@@H]1c1ccccc1. The lowest BCUT2D eigenvalue weighted by molar-refractivity contribution is -0.139. The molecule has 40 heavy (non-hydrogen) atoms. The summed E-state index contributed by atoms with van der Waals surface area (Å²) in [5, 5.41) is 4.88. The molecule has 6 rings (SSSR count). The fourth-order valence-electron chi connectivity index (χ4n) is 4.90. The van der Waals surface area contributed by atoms with Crippen LogP contribution in [-0.2, 0) is 9.53 Å². The molecule has 7 nitrogen and oxygen atoms in total. The topological polar surface area (TPSA) is 78.5 Å². The zero-order valence-corrected chi connectivity index (χ0v) is 22.8. The van der Waals surface area contributed by atoms with Crippen molar-refractivity contribution in [3.63, 3.8) is 0 Å². The predicted octanol–water partition coefficient (Wildman–Crippen LogP) is 4.65. The summed E-state index contributed by atoms with van der Waals surface area (Å²) in [6.07, 6.45) is 1.85. The molecule has 198 valence electrons. The number of ether oxygens (including phenoxy) is 1. The smallest absolute Gasteiger partial charge is 0.338 e. The van der Waals surface area contributed by atoms with Crippen LogP contribution in [-0.4, -0.2) is 26.9 Å². The summed E-state index contributed by atoms with van der Waals surface area (Å²) >= 11 is 1.30. The van der Waals surface area contributed by atoms with Gasteiger partial charge in [-0.25, -0.2) is 14.5 Å². The zero-order chi connectivity index (χ0) is 27.6. The summed E-state index contributed by atoms with van der Waals surface area (Å²) in [4.78, 5) is 32.3. The lowest BCUT2D eigenvalue weighted by atomic mass is 9.96. The molecule has 3 heterocycles. The number of para-hydroxylation sites is 1. The highest BCUT2D eigenvalue weighted by molar-refractivity contribution is 7.07. The highest BCUT2D eigenvalue weighted by atomic mass is 32.1. The first-order valence-electron chi connectivity index (χ1n) is 13.0. The van der Waals surface area contributed by atoms with Crippen molar-refractivity contribution in [3.05, 3.63) is 139 Å². The van der Waals surface area contributed by atoms with Crippen molar-refractivity contribution in [1.82, 2.24) is 14.3 Å². The molecule has 0 N–H and O–H groups in total. The molecule has 5 aromatic rings. The maximum atomic E-state index is 14.0. The highest BCUT2D eigenvalue weighted by Gasteiger charge is 2.33. The minimum Gasteiger partial charge on any atom is -0.463 e. The molecule has 0 aliphatic carbocycles. The van der Waals surface area contributed by atoms with E-state index in [1.54, 1.807) is 18.4 Å². The Kier molecular flexibility index (Phi) is 6.84. The highest BCUT2D eigenvalue weighted by Crippen LogP contribution is 2.30. The molecule has 0 fully saturated rings. The second-order valence-electron chi connectivity index (χ2n) is 9.28. The van der Waals surface area contributed by atoms with Crippen molar-refractivity contribution >= 4 is 23.4 Å². The van der Waals surface area contributed by atoms with Crippen LogP contribution in [0, 0.1) is 0 Å². The van der Waals surface area contributed by atoms with E-state index in [1.165, 1.54) is 11.3 Å². The number of carbonyl (C=O) groups excluding carboxylic acids is 1. The Morgan fingerprint density at radius 1 is 0.975 bits per heavy atom. The number of fused-ring (bicyclic) bond motifs is 1. The van der Waals surface area contributed by atoms with E-state index in [1.807, 2.05) is 108 Å². The Balaban J connectivity index is 1.56. The Labute approximate surface area is 234 Å². The first-order valence-corrected chi connectivity index (χ1v) is 13.8. The summed E-state index contributed by atoms with van der Waals surface area (Å²) in [5.41, 5.74) is 4.91. The van der Waals surface area contributed by atoms with Crippen molar-refractivity contribution in [1.29, 1.82) is 0 Å². The number of hydrogen-bond acceptors (Lipinski definition) is 6. The predicted molar refractivity (Wildman–Crippen MR) is 156 cm³/mol. The summed E-state index contributed by atoms with van der Waals surface area (Å²) in [6, 6.07) is 30.6.